The minimum absolute atomic E-state index is 0. The van der Waals surface area contributed by atoms with Gasteiger partial charge in [0.2, 0.25) is 5.91 Å². The molecule has 1 fully saturated rings. The van der Waals surface area contributed by atoms with Gasteiger partial charge in [-0.05, 0) is 30.7 Å². The van der Waals surface area contributed by atoms with Gasteiger partial charge in [0.25, 0.3) is 0 Å². The summed E-state index contributed by atoms with van der Waals surface area (Å²) in [7, 11) is 0. The van der Waals surface area contributed by atoms with Crippen LogP contribution in [0, 0.1) is 5.92 Å². The summed E-state index contributed by atoms with van der Waals surface area (Å²) < 4.78 is 5.97. The minimum Gasteiger partial charge on any atom is -0.378 e. The molecule has 0 bridgehead atoms. The van der Waals surface area contributed by atoms with E-state index in [0.29, 0.717) is 0 Å². The Morgan fingerprint density at radius 1 is 1.29 bits per heavy atom. The van der Waals surface area contributed by atoms with Crippen molar-refractivity contribution < 1.29 is 9.53 Å². The molecule has 2 atom stereocenters. The molecular weight excluding hydrogens is 324 g/mol. The van der Waals surface area contributed by atoms with Crippen LogP contribution in [0.1, 0.15) is 38.7 Å². The summed E-state index contributed by atoms with van der Waals surface area (Å²) >= 11 is 0. The maximum Gasteiger partial charge on any atom is 0.239 e. The molecule has 1 aromatic carbocycles. The zero-order valence-corrected chi connectivity index (χ0v) is 15.6. The topological polar surface area (TPSA) is 55.6 Å². The second kappa shape index (κ2) is 10.7. The van der Waals surface area contributed by atoms with E-state index in [2.05, 4.69) is 31.2 Å². The molecule has 2 N–H and O–H groups in total. The lowest BCUT2D eigenvalue weighted by atomic mass is 9.97. The van der Waals surface area contributed by atoms with Crippen molar-refractivity contribution in [3.8, 4) is 0 Å². The van der Waals surface area contributed by atoms with Crippen LogP contribution in [-0.2, 0) is 16.0 Å². The summed E-state index contributed by atoms with van der Waals surface area (Å²) in [6.45, 7) is 6.39. The van der Waals surface area contributed by atoms with Crippen LogP contribution >= 0.6 is 12.4 Å². The van der Waals surface area contributed by atoms with Crippen molar-refractivity contribution in [2.45, 2.75) is 51.7 Å². The van der Waals surface area contributed by atoms with E-state index in [9.17, 15) is 4.79 Å². The molecule has 1 aliphatic rings. The number of rotatable bonds is 7. The minimum atomic E-state index is -0.365. The van der Waals surface area contributed by atoms with Gasteiger partial charge in [0, 0.05) is 13.1 Å². The predicted octanol–water partition coefficient (Wildman–Crippen LogP) is 3.03. The Bertz CT molecular complexity index is 476. The third kappa shape index (κ3) is 6.08. The van der Waals surface area contributed by atoms with Crippen LogP contribution in [0.5, 0.6) is 0 Å². The van der Waals surface area contributed by atoms with Gasteiger partial charge in [-0.3, -0.25) is 4.79 Å². The number of ether oxygens (including phenoxy) is 1. The van der Waals surface area contributed by atoms with Gasteiger partial charge in [0.15, 0.2) is 0 Å². The molecule has 2 rings (SSSR count). The molecule has 24 heavy (non-hydrogen) atoms. The van der Waals surface area contributed by atoms with Gasteiger partial charge in [-0.25, -0.2) is 0 Å². The van der Waals surface area contributed by atoms with Crippen LogP contribution in [0.4, 0.5) is 0 Å². The van der Waals surface area contributed by atoms with Crippen molar-refractivity contribution in [3.63, 3.8) is 0 Å². The number of amides is 1. The number of hydrogen-bond donors (Lipinski definition) is 1. The Morgan fingerprint density at radius 3 is 2.50 bits per heavy atom. The van der Waals surface area contributed by atoms with Crippen molar-refractivity contribution in [2.24, 2.45) is 11.7 Å². The van der Waals surface area contributed by atoms with E-state index in [1.165, 1.54) is 5.56 Å². The molecule has 1 aliphatic heterocycles. The molecule has 0 aromatic heterocycles. The van der Waals surface area contributed by atoms with E-state index >= 15 is 0 Å². The normalized spacial score (nSPS) is 17.9. The molecule has 2 unspecified atom stereocenters. The van der Waals surface area contributed by atoms with Crippen LogP contribution < -0.4 is 5.73 Å². The molecule has 0 radical (unpaired) electrons. The molecule has 1 saturated heterocycles. The molecular formula is C19H31ClN2O2. The Hall–Kier alpha value is -1.10. The number of piperidine rings is 1. The summed E-state index contributed by atoms with van der Waals surface area (Å²) in [6.07, 6.45) is 3.97. The highest BCUT2D eigenvalue weighted by Crippen LogP contribution is 2.17. The second-order valence-corrected chi connectivity index (χ2v) is 6.54. The number of nitrogens with two attached hydrogens (primary N) is 1. The third-order valence-electron chi connectivity index (χ3n) is 4.88. The van der Waals surface area contributed by atoms with Crippen molar-refractivity contribution in [1.82, 2.24) is 4.90 Å². The number of hydrogen-bond acceptors (Lipinski definition) is 3. The Kier molecular flexibility index (Phi) is 9.34. The first-order valence-electron chi connectivity index (χ1n) is 8.81. The van der Waals surface area contributed by atoms with Gasteiger partial charge in [-0.1, -0.05) is 50.6 Å². The number of carbonyl (C=O) groups is 1. The quantitative estimate of drug-likeness (QED) is 0.818. The molecule has 5 heteroatoms. The molecule has 136 valence electrons. The Balaban J connectivity index is 0.00000288. The van der Waals surface area contributed by atoms with E-state index in [1.54, 1.807) is 0 Å². The van der Waals surface area contributed by atoms with Gasteiger partial charge in [0.1, 0.15) is 0 Å². The third-order valence-corrected chi connectivity index (χ3v) is 4.88. The van der Waals surface area contributed by atoms with E-state index in [-0.39, 0.29) is 36.4 Å². The Labute approximate surface area is 152 Å². The number of benzene rings is 1. The van der Waals surface area contributed by atoms with Gasteiger partial charge < -0.3 is 15.4 Å². The van der Waals surface area contributed by atoms with Crippen LogP contribution in [0.3, 0.4) is 0 Å². The summed E-state index contributed by atoms with van der Waals surface area (Å²) in [4.78, 5) is 14.3. The van der Waals surface area contributed by atoms with Gasteiger partial charge in [0.05, 0.1) is 18.8 Å². The van der Waals surface area contributed by atoms with Gasteiger partial charge in [-0.2, -0.15) is 0 Å². The molecule has 1 aromatic rings. The largest absolute Gasteiger partial charge is 0.378 e. The SMILES string of the molecule is CCC(C)C(N)C(=O)N1CCC(OCCc2ccccc2)CC1.Cl. The summed E-state index contributed by atoms with van der Waals surface area (Å²) in [6, 6.07) is 10.0. The van der Waals surface area contributed by atoms with Crippen molar-refractivity contribution in [3.05, 3.63) is 35.9 Å². The standard InChI is InChI=1S/C19H30N2O2.ClH/c1-3-15(2)18(20)19(22)21-12-9-17(10-13-21)23-14-11-16-7-5-4-6-8-16;/h4-8,15,17-18H,3,9-14,20H2,1-2H3;1H. The van der Waals surface area contributed by atoms with Crippen molar-refractivity contribution in [1.29, 1.82) is 0 Å². The fourth-order valence-electron chi connectivity index (χ4n) is 2.94. The van der Waals surface area contributed by atoms with E-state index in [0.717, 1.165) is 45.4 Å². The maximum absolute atomic E-state index is 12.4. The van der Waals surface area contributed by atoms with Crippen molar-refractivity contribution in [2.75, 3.05) is 19.7 Å². The molecule has 1 amide bonds. The van der Waals surface area contributed by atoms with E-state index < -0.39 is 0 Å². The first-order valence-corrected chi connectivity index (χ1v) is 8.81. The van der Waals surface area contributed by atoms with E-state index in [4.69, 9.17) is 10.5 Å². The predicted molar refractivity (Wildman–Crippen MR) is 100 cm³/mol. The highest BCUT2D eigenvalue weighted by atomic mass is 35.5. The van der Waals surface area contributed by atoms with E-state index in [1.807, 2.05) is 17.9 Å². The maximum atomic E-state index is 12.4. The lowest BCUT2D eigenvalue weighted by Crippen LogP contribution is -2.50. The molecule has 1 heterocycles. The lowest BCUT2D eigenvalue weighted by molar-refractivity contribution is -0.136. The number of likely N-dealkylation sites (tertiary alicyclic amines) is 1. The molecule has 0 aliphatic carbocycles. The fraction of sp³-hybridized carbons (Fsp3) is 0.632. The Morgan fingerprint density at radius 2 is 1.92 bits per heavy atom. The smallest absolute Gasteiger partial charge is 0.239 e. The molecule has 0 saturated carbocycles. The van der Waals surface area contributed by atoms with Crippen LogP contribution in [0.2, 0.25) is 0 Å². The van der Waals surface area contributed by atoms with Crippen LogP contribution in [-0.4, -0.2) is 42.6 Å². The number of carbonyl (C=O) groups excluding carboxylic acids is 1. The average molecular weight is 355 g/mol. The van der Waals surface area contributed by atoms with Crippen LogP contribution in [0.15, 0.2) is 30.3 Å². The number of halogens is 1. The summed E-state index contributed by atoms with van der Waals surface area (Å²) in [5.74, 6) is 0.337. The molecule has 4 nitrogen and oxygen atoms in total. The number of nitrogens with zero attached hydrogens (tertiary/aromatic N) is 1. The highest BCUT2D eigenvalue weighted by Gasteiger charge is 2.28. The van der Waals surface area contributed by atoms with Gasteiger partial charge in [-0.15, -0.1) is 12.4 Å². The van der Waals surface area contributed by atoms with Gasteiger partial charge >= 0.3 is 0 Å². The monoisotopic (exact) mass is 354 g/mol. The molecule has 0 spiro atoms. The average Bonchev–Trinajstić information content (AvgIpc) is 2.61. The zero-order chi connectivity index (χ0) is 16.7. The first-order chi connectivity index (χ1) is 11.1. The highest BCUT2D eigenvalue weighted by molar-refractivity contribution is 5.85. The fourth-order valence-corrected chi connectivity index (χ4v) is 2.94. The zero-order valence-electron chi connectivity index (χ0n) is 14.8. The lowest BCUT2D eigenvalue weighted by Gasteiger charge is -2.34. The summed E-state index contributed by atoms with van der Waals surface area (Å²) in [5.41, 5.74) is 7.36. The van der Waals surface area contributed by atoms with Crippen LogP contribution in [0.25, 0.3) is 0 Å². The first kappa shape index (κ1) is 20.9. The summed E-state index contributed by atoms with van der Waals surface area (Å²) in [5, 5.41) is 0. The second-order valence-electron chi connectivity index (χ2n) is 6.54. The van der Waals surface area contributed by atoms with Crippen molar-refractivity contribution >= 4 is 18.3 Å².